The predicted molar refractivity (Wildman–Crippen MR) is 47.3 cm³/mol. The van der Waals surface area contributed by atoms with Crippen LogP contribution in [-0.2, 0) is 0 Å². The molecule has 0 unspecified atom stereocenters. The third kappa shape index (κ3) is 2.77. The summed E-state index contributed by atoms with van der Waals surface area (Å²) in [5.74, 6) is 0. The Labute approximate surface area is 68.5 Å². The van der Waals surface area contributed by atoms with Crippen molar-refractivity contribution in [1.29, 1.82) is 0 Å². The Balaban J connectivity index is 2.30. The molecule has 0 aromatic heterocycles. The molecule has 0 saturated heterocycles. The summed E-state index contributed by atoms with van der Waals surface area (Å²) in [6.07, 6.45) is 3.16. The highest BCUT2D eigenvalue weighted by molar-refractivity contribution is 4.86. The highest BCUT2D eigenvalue weighted by Gasteiger charge is 2.23. The van der Waals surface area contributed by atoms with Crippen LogP contribution in [0, 0.1) is 0 Å². The molecule has 0 bridgehead atoms. The van der Waals surface area contributed by atoms with E-state index in [2.05, 4.69) is 12.2 Å². The standard InChI is InChI=1S/C8H19N3/c1-2-11-8-4-6(9)3-7(10)5-8/h6-8,11H,2-5,9-10H2,1H3/t6-,7+,8-. The lowest BCUT2D eigenvalue weighted by Gasteiger charge is -2.31. The van der Waals surface area contributed by atoms with Crippen LogP contribution in [0.5, 0.6) is 0 Å². The molecule has 5 N–H and O–H groups in total. The summed E-state index contributed by atoms with van der Waals surface area (Å²) in [5.41, 5.74) is 11.7. The van der Waals surface area contributed by atoms with Crippen LogP contribution in [0.2, 0.25) is 0 Å². The smallest absolute Gasteiger partial charge is 0.00964 e. The first-order valence-corrected chi connectivity index (χ1v) is 4.47. The second-order valence-corrected chi connectivity index (χ2v) is 3.48. The van der Waals surface area contributed by atoms with Crippen molar-refractivity contribution >= 4 is 0 Å². The molecule has 66 valence electrons. The van der Waals surface area contributed by atoms with E-state index in [-0.39, 0.29) is 0 Å². The van der Waals surface area contributed by atoms with Gasteiger partial charge in [0.1, 0.15) is 0 Å². The highest BCUT2D eigenvalue weighted by atomic mass is 14.9. The second-order valence-electron chi connectivity index (χ2n) is 3.48. The zero-order valence-electron chi connectivity index (χ0n) is 7.22. The van der Waals surface area contributed by atoms with Gasteiger partial charge in [-0.1, -0.05) is 6.92 Å². The molecule has 0 spiro atoms. The molecule has 0 heterocycles. The van der Waals surface area contributed by atoms with Crippen molar-refractivity contribution in [2.75, 3.05) is 6.54 Å². The molecule has 11 heavy (non-hydrogen) atoms. The average molecular weight is 157 g/mol. The monoisotopic (exact) mass is 157 g/mol. The molecule has 1 fully saturated rings. The Hall–Kier alpha value is -0.120. The van der Waals surface area contributed by atoms with Crippen LogP contribution in [0.3, 0.4) is 0 Å². The van der Waals surface area contributed by atoms with Gasteiger partial charge in [0.25, 0.3) is 0 Å². The first-order valence-electron chi connectivity index (χ1n) is 4.47. The number of hydrogen-bond donors (Lipinski definition) is 3. The van der Waals surface area contributed by atoms with Gasteiger partial charge in [0.15, 0.2) is 0 Å². The lowest BCUT2D eigenvalue weighted by Crippen LogP contribution is -2.47. The van der Waals surface area contributed by atoms with Crippen LogP contribution in [0.25, 0.3) is 0 Å². The average Bonchev–Trinajstić information content (AvgIpc) is 1.85. The Morgan fingerprint density at radius 2 is 1.73 bits per heavy atom. The van der Waals surface area contributed by atoms with Crippen LogP contribution in [0.1, 0.15) is 26.2 Å². The van der Waals surface area contributed by atoms with Crippen molar-refractivity contribution in [3.05, 3.63) is 0 Å². The summed E-state index contributed by atoms with van der Waals surface area (Å²) in [7, 11) is 0. The number of nitrogens with one attached hydrogen (secondary N) is 1. The Morgan fingerprint density at radius 3 is 2.18 bits per heavy atom. The maximum atomic E-state index is 5.83. The minimum Gasteiger partial charge on any atom is -0.328 e. The van der Waals surface area contributed by atoms with Gasteiger partial charge in [-0.2, -0.15) is 0 Å². The Bertz CT molecular complexity index is 106. The fraction of sp³-hybridized carbons (Fsp3) is 1.00. The summed E-state index contributed by atoms with van der Waals surface area (Å²) >= 11 is 0. The Morgan fingerprint density at radius 1 is 1.18 bits per heavy atom. The maximum absolute atomic E-state index is 5.83. The molecule has 1 saturated carbocycles. The van der Waals surface area contributed by atoms with Gasteiger partial charge in [0, 0.05) is 18.1 Å². The van der Waals surface area contributed by atoms with Crippen LogP contribution in [-0.4, -0.2) is 24.7 Å². The summed E-state index contributed by atoms with van der Waals surface area (Å²) in [5, 5.41) is 3.39. The normalized spacial score (nSPS) is 39.0. The van der Waals surface area contributed by atoms with Gasteiger partial charge in [0.05, 0.1) is 0 Å². The van der Waals surface area contributed by atoms with Crippen molar-refractivity contribution in [2.45, 2.75) is 44.3 Å². The van der Waals surface area contributed by atoms with Gasteiger partial charge in [-0.25, -0.2) is 0 Å². The fourth-order valence-electron chi connectivity index (χ4n) is 1.86. The molecule has 1 aliphatic rings. The molecular weight excluding hydrogens is 138 g/mol. The number of nitrogens with two attached hydrogens (primary N) is 2. The topological polar surface area (TPSA) is 64.1 Å². The zero-order valence-corrected chi connectivity index (χ0v) is 7.22. The molecule has 0 aliphatic heterocycles. The predicted octanol–water partition coefficient (Wildman–Crippen LogP) is -0.197. The number of rotatable bonds is 2. The highest BCUT2D eigenvalue weighted by Crippen LogP contribution is 2.15. The molecule has 1 aliphatic carbocycles. The van der Waals surface area contributed by atoms with Gasteiger partial charge in [-0.05, 0) is 25.8 Å². The quantitative estimate of drug-likeness (QED) is 0.520. The van der Waals surface area contributed by atoms with Gasteiger partial charge in [-0.15, -0.1) is 0 Å². The van der Waals surface area contributed by atoms with E-state index in [1.165, 1.54) is 0 Å². The van der Waals surface area contributed by atoms with Crippen LogP contribution >= 0.6 is 0 Å². The third-order valence-electron chi connectivity index (χ3n) is 2.27. The van der Waals surface area contributed by atoms with Gasteiger partial charge < -0.3 is 16.8 Å². The van der Waals surface area contributed by atoms with Crippen molar-refractivity contribution in [3.63, 3.8) is 0 Å². The third-order valence-corrected chi connectivity index (χ3v) is 2.27. The van der Waals surface area contributed by atoms with E-state index in [0.29, 0.717) is 18.1 Å². The van der Waals surface area contributed by atoms with E-state index < -0.39 is 0 Å². The molecule has 0 radical (unpaired) electrons. The molecule has 1 rings (SSSR count). The largest absolute Gasteiger partial charge is 0.328 e. The molecule has 3 heteroatoms. The van der Waals surface area contributed by atoms with Gasteiger partial charge >= 0.3 is 0 Å². The van der Waals surface area contributed by atoms with Crippen molar-refractivity contribution in [2.24, 2.45) is 11.5 Å². The first kappa shape index (κ1) is 8.97. The van der Waals surface area contributed by atoms with Crippen LogP contribution in [0.4, 0.5) is 0 Å². The van der Waals surface area contributed by atoms with E-state index in [1.54, 1.807) is 0 Å². The molecular formula is C8H19N3. The molecule has 0 aromatic carbocycles. The van der Waals surface area contributed by atoms with Crippen molar-refractivity contribution in [3.8, 4) is 0 Å². The van der Waals surface area contributed by atoms with E-state index in [4.69, 9.17) is 11.5 Å². The summed E-state index contributed by atoms with van der Waals surface area (Å²) in [6.45, 7) is 3.13. The summed E-state index contributed by atoms with van der Waals surface area (Å²) in [4.78, 5) is 0. The van der Waals surface area contributed by atoms with Crippen molar-refractivity contribution < 1.29 is 0 Å². The van der Waals surface area contributed by atoms with E-state index in [1.807, 2.05) is 0 Å². The Kier molecular flexibility index (Phi) is 3.30. The van der Waals surface area contributed by atoms with Gasteiger partial charge in [-0.3, -0.25) is 0 Å². The van der Waals surface area contributed by atoms with Crippen LogP contribution < -0.4 is 16.8 Å². The first-order chi connectivity index (χ1) is 5.22. The maximum Gasteiger partial charge on any atom is 0.00964 e. The molecule has 0 aromatic rings. The number of hydrogen-bond acceptors (Lipinski definition) is 3. The van der Waals surface area contributed by atoms with Gasteiger partial charge in [0.2, 0.25) is 0 Å². The second kappa shape index (κ2) is 4.04. The van der Waals surface area contributed by atoms with E-state index in [9.17, 15) is 0 Å². The minimum absolute atomic E-state index is 0.308. The van der Waals surface area contributed by atoms with E-state index in [0.717, 1.165) is 25.8 Å². The van der Waals surface area contributed by atoms with E-state index >= 15 is 0 Å². The zero-order chi connectivity index (χ0) is 8.27. The summed E-state index contributed by atoms with van der Waals surface area (Å²) in [6, 6.07) is 1.17. The fourth-order valence-corrected chi connectivity index (χ4v) is 1.86. The molecule has 3 nitrogen and oxygen atoms in total. The molecule has 3 atom stereocenters. The lowest BCUT2D eigenvalue weighted by molar-refractivity contribution is 0.312. The van der Waals surface area contributed by atoms with Crippen LogP contribution in [0.15, 0.2) is 0 Å². The van der Waals surface area contributed by atoms with Crippen molar-refractivity contribution in [1.82, 2.24) is 5.32 Å². The summed E-state index contributed by atoms with van der Waals surface area (Å²) < 4.78 is 0. The molecule has 0 amide bonds. The minimum atomic E-state index is 0.308. The SMILES string of the molecule is CCN[C@@H]1C[C@H](N)C[C@H](N)C1. The lowest BCUT2D eigenvalue weighted by atomic mass is 9.88.